The molecule has 0 aliphatic rings. The van der Waals surface area contributed by atoms with Crippen LogP contribution in [0.15, 0.2) is 0 Å². The fourth-order valence-electron chi connectivity index (χ4n) is 1.00. The second-order valence-electron chi connectivity index (χ2n) is 3.01. The zero-order chi connectivity index (χ0) is 12.6. The van der Waals surface area contributed by atoms with Crippen molar-refractivity contribution in [2.75, 3.05) is 13.1 Å². The predicted molar refractivity (Wildman–Crippen MR) is 57.6 cm³/mol. The van der Waals surface area contributed by atoms with Gasteiger partial charge < -0.3 is 0 Å². The van der Waals surface area contributed by atoms with Gasteiger partial charge in [0.25, 0.3) is 0 Å². The van der Waals surface area contributed by atoms with E-state index in [1.807, 2.05) is 0 Å². The molecule has 0 N–H and O–H groups in total. The van der Waals surface area contributed by atoms with Crippen LogP contribution in [0, 0.1) is 20.2 Å². The summed E-state index contributed by atoms with van der Waals surface area (Å²) in [4.78, 5) is 20.2. The zero-order valence-electron chi connectivity index (χ0n) is 8.42. The van der Waals surface area contributed by atoms with Crippen molar-refractivity contribution in [3.63, 3.8) is 0 Å². The van der Waals surface area contributed by atoms with Crippen LogP contribution in [-0.2, 0) is 0 Å². The average molecular weight is 275 g/mol. The van der Waals surface area contributed by atoms with Gasteiger partial charge in [-0.25, -0.2) is 20.2 Å². The van der Waals surface area contributed by atoms with Gasteiger partial charge in [-0.1, -0.05) is 12.8 Å². The van der Waals surface area contributed by atoms with Gasteiger partial charge in [0.15, 0.2) is 10.1 Å². The molecule has 8 nitrogen and oxygen atoms in total. The van der Waals surface area contributed by atoms with Crippen molar-refractivity contribution in [1.29, 1.82) is 0 Å². The van der Waals surface area contributed by atoms with Crippen LogP contribution in [0.5, 0.6) is 0 Å². The summed E-state index contributed by atoms with van der Waals surface area (Å²) >= 11 is 10.5. The predicted octanol–water partition coefficient (Wildman–Crippen LogP) is 1.84. The van der Waals surface area contributed by atoms with Crippen molar-refractivity contribution >= 4 is 23.6 Å². The average Bonchev–Trinajstić information content (AvgIpc) is 2.21. The zero-order valence-corrected chi connectivity index (χ0v) is 9.93. The standard InChI is InChI=1S/C6H12Cl2N4O4/c7-9(11(13)14)5-3-1-2-4-6-10(8)12(15)16/h1-6H2. The Morgan fingerprint density at radius 2 is 1.12 bits per heavy atom. The van der Waals surface area contributed by atoms with Gasteiger partial charge in [-0.15, -0.1) is 0 Å². The lowest BCUT2D eigenvalue weighted by Gasteiger charge is -2.05. The molecule has 16 heavy (non-hydrogen) atoms. The highest BCUT2D eigenvalue weighted by Crippen LogP contribution is 2.05. The van der Waals surface area contributed by atoms with Gasteiger partial charge in [0.1, 0.15) is 0 Å². The summed E-state index contributed by atoms with van der Waals surface area (Å²) in [5.74, 6) is 0. The normalized spacial score (nSPS) is 9.88. The molecule has 0 aliphatic heterocycles. The van der Waals surface area contributed by atoms with E-state index in [9.17, 15) is 20.2 Å². The first-order valence-corrected chi connectivity index (χ1v) is 5.28. The van der Waals surface area contributed by atoms with Gasteiger partial charge in [0.05, 0.1) is 36.6 Å². The summed E-state index contributed by atoms with van der Waals surface area (Å²) in [5.41, 5.74) is 0. The molecule has 0 aromatic rings. The molecule has 10 heteroatoms. The summed E-state index contributed by atoms with van der Waals surface area (Å²) in [6.07, 6.45) is 2.54. The summed E-state index contributed by atoms with van der Waals surface area (Å²) in [6.45, 7) is 0.294. The van der Waals surface area contributed by atoms with E-state index in [0.717, 1.165) is 0 Å². The monoisotopic (exact) mass is 274 g/mol. The summed E-state index contributed by atoms with van der Waals surface area (Å²) in [6, 6.07) is 0. The molecular formula is C6H12Cl2N4O4. The first-order valence-electron chi connectivity index (χ1n) is 4.60. The van der Waals surface area contributed by atoms with Crippen molar-refractivity contribution in [2.24, 2.45) is 0 Å². The van der Waals surface area contributed by atoms with E-state index >= 15 is 0 Å². The Morgan fingerprint density at radius 1 is 0.812 bits per heavy atom. The molecule has 0 radical (unpaired) electrons. The minimum absolute atomic E-state index is 0.147. The SMILES string of the molecule is O=[N+]([O-])N(Cl)CCCCCCN(Cl)[N+](=O)[O-]. The maximum atomic E-state index is 10.1. The lowest BCUT2D eigenvalue weighted by molar-refractivity contribution is -0.622. The molecule has 0 spiro atoms. The molecule has 0 aromatic heterocycles. The number of hydrazine groups is 2. The molecule has 0 atom stereocenters. The van der Waals surface area contributed by atoms with Gasteiger partial charge in [0.2, 0.25) is 0 Å². The Bertz CT molecular complexity index is 219. The lowest BCUT2D eigenvalue weighted by Crippen LogP contribution is -2.21. The Morgan fingerprint density at radius 3 is 1.38 bits per heavy atom. The molecule has 0 unspecified atom stereocenters. The molecule has 0 heterocycles. The van der Waals surface area contributed by atoms with Crippen molar-refractivity contribution < 1.29 is 10.1 Å². The van der Waals surface area contributed by atoms with Gasteiger partial charge in [-0.05, 0) is 21.9 Å². The van der Waals surface area contributed by atoms with Crippen molar-refractivity contribution in [2.45, 2.75) is 25.7 Å². The number of halogens is 2. The third-order valence-electron chi connectivity index (χ3n) is 1.79. The van der Waals surface area contributed by atoms with E-state index in [0.29, 0.717) is 34.7 Å². The van der Waals surface area contributed by atoms with Crippen LogP contribution in [-0.4, -0.2) is 32.2 Å². The summed E-state index contributed by atoms with van der Waals surface area (Å²) in [5, 5.41) is 18.8. The molecule has 0 rings (SSSR count). The van der Waals surface area contributed by atoms with E-state index in [1.54, 1.807) is 0 Å². The molecule has 0 aliphatic carbocycles. The maximum Gasteiger partial charge on any atom is 0.176 e. The minimum Gasteiger partial charge on any atom is -0.234 e. The molecule has 0 saturated heterocycles. The Kier molecular flexibility index (Phi) is 7.65. The van der Waals surface area contributed by atoms with E-state index in [2.05, 4.69) is 0 Å². The van der Waals surface area contributed by atoms with Crippen molar-refractivity contribution in [3.05, 3.63) is 20.2 Å². The minimum atomic E-state index is -0.700. The van der Waals surface area contributed by atoms with Crippen molar-refractivity contribution in [1.82, 2.24) is 9.06 Å². The molecule has 94 valence electrons. The van der Waals surface area contributed by atoms with Gasteiger partial charge >= 0.3 is 0 Å². The Balaban J connectivity index is 3.34. The Labute approximate surface area is 102 Å². The van der Waals surface area contributed by atoms with Crippen molar-refractivity contribution in [3.8, 4) is 0 Å². The van der Waals surface area contributed by atoms with E-state index < -0.39 is 10.1 Å². The van der Waals surface area contributed by atoms with Crippen LogP contribution in [0.2, 0.25) is 0 Å². The van der Waals surface area contributed by atoms with E-state index in [-0.39, 0.29) is 13.1 Å². The number of nitro groups is 2. The number of nitrogens with zero attached hydrogens (tertiary/aromatic N) is 4. The number of hydrogen-bond acceptors (Lipinski definition) is 4. The molecule has 0 aromatic carbocycles. The first kappa shape index (κ1) is 15.0. The Hall–Kier alpha value is -1.02. The second kappa shape index (κ2) is 8.17. The molecule has 0 fully saturated rings. The maximum absolute atomic E-state index is 10.1. The van der Waals surface area contributed by atoms with Crippen LogP contribution in [0.25, 0.3) is 0 Å². The lowest BCUT2D eigenvalue weighted by atomic mass is 10.2. The smallest absolute Gasteiger partial charge is 0.176 e. The number of unbranched alkanes of at least 4 members (excludes halogenated alkanes) is 3. The van der Waals surface area contributed by atoms with Crippen LogP contribution in [0.4, 0.5) is 0 Å². The third-order valence-corrected chi connectivity index (χ3v) is 2.37. The highest BCUT2D eigenvalue weighted by Gasteiger charge is 2.10. The van der Waals surface area contributed by atoms with Crippen LogP contribution >= 0.6 is 23.6 Å². The topological polar surface area (TPSA) is 92.8 Å². The number of hydrogen-bond donors (Lipinski definition) is 0. The largest absolute Gasteiger partial charge is 0.234 e. The summed E-state index contributed by atoms with van der Waals surface area (Å²) < 4.78 is 0.982. The second-order valence-corrected chi connectivity index (χ2v) is 3.79. The molecule has 0 bridgehead atoms. The van der Waals surface area contributed by atoms with Crippen LogP contribution in [0.1, 0.15) is 25.7 Å². The van der Waals surface area contributed by atoms with Crippen LogP contribution < -0.4 is 0 Å². The highest BCUT2D eigenvalue weighted by molar-refractivity contribution is 6.12. The van der Waals surface area contributed by atoms with Gasteiger partial charge in [-0.2, -0.15) is 0 Å². The van der Waals surface area contributed by atoms with E-state index in [4.69, 9.17) is 23.6 Å². The third kappa shape index (κ3) is 7.30. The fourth-order valence-corrected chi connectivity index (χ4v) is 1.24. The van der Waals surface area contributed by atoms with Crippen LogP contribution in [0.3, 0.4) is 0 Å². The molecule has 0 amide bonds. The first-order chi connectivity index (χ1) is 7.45. The quantitative estimate of drug-likeness (QED) is 0.276. The molecule has 0 saturated carbocycles. The summed E-state index contributed by atoms with van der Waals surface area (Å²) in [7, 11) is 0. The fraction of sp³-hybridized carbons (Fsp3) is 1.00. The van der Waals surface area contributed by atoms with E-state index in [1.165, 1.54) is 0 Å². The highest BCUT2D eigenvalue weighted by atomic mass is 35.5. The number of rotatable bonds is 9. The van der Waals surface area contributed by atoms with Gasteiger partial charge in [0, 0.05) is 0 Å². The molecular weight excluding hydrogens is 263 g/mol. The van der Waals surface area contributed by atoms with Gasteiger partial charge in [-0.3, -0.25) is 0 Å².